The summed E-state index contributed by atoms with van der Waals surface area (Å²) in [5.41, 5.74) is 5.98. The summed E-state index contributed by atoms with van der Waals surface area (Å²) in [6, 6.07) is 5.57. The van der Waals surface area contributed by atoms with Crippen LogP contribution in [0, 0.1) is 24.0 Å². The van der Waals surface area contributed by atoms with Crippen LogP contribution in [0.2, 0.25) is 0 Å². The van der Waals surface area contributed by atoms with E-state index >= 15 is 0 Å². The Bertz CT molecular complexity index is 1360. The number of nitro groups is 1. The lowest BCUT2D eigenvalue weighted by molar-refractivity contribution is -0.384. The van der Waals surface area contributed by atoms with Gasteiger partial charge in [0.1, 0.15) is 5.69 Å². The molecule has 3 heterocycles. The smallest absolute Gasteiger partial charge is 0.295 e. The average Bonchev–Trinajstić information content (AvgIpc) is 3.19. The molecule has 0 bridgehead atoms. The summed E-state index contributed by atoms with van der Waals surface area (Å²) in [7, 11) is -3.87. The number of hydrazone groups is 1. The van der Waals surface area contributed by atoms with Crippen molar-refractivity contribution in [1.82, 2.24) is 18.9 Å². The molecule has 1 aliphatic heterocycles. The molecule has 13 heteroatoms. The highest BCUT2D eigenvalue weighted by Gasteiger charge is 2.29. The molecule has 3 aromatic rings. The molecule has 0 spiro atoms. The van der Waals surface area contributed by atoms with Crippen molar-refractivity contribution in [2.45, 2.75) is 25.7 Å². The number of aryl methyl sites for hydroxylation is 2. The Morgan fingerprint density at radius 2 is 1.97 bits per heavy atom. The number of fused-ring (bicyclic) bond motifs is 1. The Morgan fingerprint density at radius 3 is 2.67 bits per heavy atom. The van der Waals surface area contributed by atoms with Gasteiger partial charge in [-0.3, -0.25) is 15.5 Å². The molecule has 1 N–H and O–H groups in total. The topological polar surface area (TPSA) is 144 Å². The third-order valence-corrected chi connectivity index (χ3v) is 7.25. The van der Waals surface area contributed by atoms with Gasteiger partial charge in [-0.15, -0.1) is 0 Å². The first-order chi connectivity index (χ1) is 15.7. The highest BCUT2D eigenvalue weighted by Crippen LogP contribution is 2.29. The van der Waals surface area contributed by atoms with Gasteiger partial charge >= 0.3 is 0 Å². The van der Waals surface area contributed by atoms with Crippen LogP contribution in [-0.4, -0.2) is 64.3 Å². The maximum atomic E-state index is 12.9. The third kappa shape index (κ3) is 4.42. The van der Waals surface area contributed by atoms with Crippen molar-refractivity contribution in [3.8, 4) is 0 Å². The van der Waals surface area contributed by atoms with Crippen LogP contribution in [0.15, 0.2) is 40.5 Å². The van der Waals surface area contributed by atoms with Crippen LogP contribution in [0.3, 0.4) is 0 Å². The highest BCUT2D eigenvalue weighted by atomic mass is 32.2. The number of anilines is 1. The van der Waals surface area contributed by atoms with Gasteiger partial charge in [-0.2, -0.15) is 14.5 Å². The number of ether oxygens (including phenoxy) is 1. The maximum absolute atomic E-state index is 12.9. The first kappa shape index (κ1) is 22.8. The number of hydrogen-bond donors (Lipinski definition) is 1. The molecule has 0 aliphatic carbocycles. The quantitative estimate of drug-likeness (QED) is 0.326. The summed E-state index contributed by atoms with van der Waals surface area (Å²) in [4.78, 5) is 15.2. The van der Waals surface area contributed by atoms with Gasteiger partial charge < -0.3 is 4.74 Å². The number of nitrogens with zero attached hydrogens (tertiary/aromatic N) is 6. The number of hydrogen-bond acceptors (Lipinski definition) is 9. The third-order valence-electron chi connectivity index (χ3n) is 5.35. The summed E-state index contributed by atoms with van der Waals surface area (Å²) in [5.74, 6) is 0. The van der Waals surface area contributed by atoms with E-state index in [9.17, 15) is 18.5 Å². The fourth-order valence-electron chi connectivity index (χ4n) is 3.58. The van der Waals surface area contributed by atoms with E-state index in [4.69, 9.17) is 4.74 Å². The number of rotatable bonds is 6. The summed E-state index contributed by atoms with van der Waals surface area (Å²) >= 11 is 0. The lowest BCUT2D eigenvalue weighted by atomic mass is 10.1. The van der Waals surface area contributed by atoms with E-state index in [1.54, 1.807) is 17.6 Å². The van der Waals surface area contributed by atoms with Crippen molar-refractivity contribution < 1.29 is 18.1 Å². The normalized spacial score (nSPS) is 15.7. The standard InChI is InChI=1S/C20H23N7O5S/c1-13-10-20-21-12-17(15(3)26(20)24-13)14(2)22-23-18-5-4-16(11-19(18)27(28)29)33(30,31)25-6-8-32-9-7-25/h4-5,10-12,23H,6-9H2,1-3H3/b22-14+. The number of nitro benzene ring substituents is 1. The molecule has 0 saturated carbocycles. The van der Waals surface area contributed by atoms with Gasteiger partial charge in [0.15, 0.2) is 5.65 Å². The Labute approximate surface area is 190 Å². The highest BCUT2D eigenvalue weighted by molar-refractivity contribution is 7.89. The van der Waals surface area contributed by atoms with Crippen LogP contribution in [0.1, 0.15) is 23.9 Å². The molecule has 12 nitrogen and oxygen atoms in total. The minimum Gasteiger partial charge on any atom is -0.379 e. The molecule has 0 radical (unpaired) electrons. The molecule has 0 unspecified atom stereocenters. The molecule has 1 saturated heterocycles. The van der Waals surface area contributed by atoms with Crippen LogP contribution in [0.4, 0.5) is 11.4 Å². The molecule has 1 aromatic carbocycles. The van der Waals surface area contributed by atoms with Crippen molar-refractivity contribution in [2.75, 3.05) is 31.7 Å². The van der Waals surface area contributed by atoms with E-state index in [1.165, 1.54) is 16.4 Å². The van der Waals surface area contributed by atoms with E-state index < -0.39 is 20.6 Å². The van der Waals surface area contributed by atoms with Crippen LogP contribution >= 0.6 is 0 Å². The van der Waals surface area contributed by atoms with Crippen molar-refractivity contribution in [2.24, 2.45) is 5.10 Å². The number of aromatic nitrogens is 3. The fraction of sp³-hybridized carbons (Fsp3) is 0.350. The van der Waals surface area contributed by atoms with E-state index in [0.717, 1.165) is 17.5 Å². The zero-order chi connectivity index (χ0) is 23.8. The Balaban J connectivity index is 1.63. The van der Waals surface area contributed by atoms with E-state index in [1.807, 2.05) is 19.9 Å². The predicted octanol–water partition coefficient (Wildman–Crippen LogP) is 2.11. The molecular weight excluding hydrogens is 450 g/mol. The number of nitrogens with one attached hydrogen (secondary N) is 1. The molecule has 0 atom stereocenters. The molecule has 33 heavy (non-hydrogen) atoms. The Hall–Kier alpha value is -3.42. The molecule has 0 amide bonds. The van der Waals surface area contributed by atoms with Crippen LogP contribution in [0.25, 0.3) is 5.65 Å². The Morgan fingerprint density at radius 1 is 1.24 bits per heavy atom. The SMILES string of the molecule is C/C(=N\Nc1ccc(S(=O)(=O)N2CCOCC2)cc1[N+](=O)[O-])c1cnc2cc(C)nn2c1C. The molecule has 1 aliphatic rings. The number of sulfonamides is 1. The minimum absolute atomic E-state index is 0.0712. The molecule has 4 rings (SSSR count). The van der Waals surface area contributed by atoms with Gasteiger partial charge in [-0.1, -0.05) is 0 Å². The monoisotopic (exact) mass is 473 g/mol. The molecular formula is C20H23N7O5S. The van der Waals surface area contributed by atoms with Gasteiger partial charge in [0, 0.05) is 37.0 Å². The van der Waals surface area contributed by atoms with E-state index in [-0.39, 0.29) is 36.9 Å². The van der Waals surface area contributed by atoms with Crippen LogP contribution in [-0.2, 0) is 14.8 Å². The number of benzene rings is 1. The summed E-state index contributed by atoms with van der Waals surface area (Å²) in [6.45, 7) is 6.46. The maximum Gasteiger partial charge on any atom is 0.295 e. The molecule has 1 fully saturated rings. The van der Waals surface area contributed by atoms with E-state index in [2.05, 4.69) is 20.6 Å². The summed E-state index contributed by atoms with van der Waals surface area (Å²) in [6.07, 6.45) is 1.67. The first-order valence-electron chi connectivity index (χ1n) is 10.2. The van der Waals surface area contributed by atoms with Crippen molar-refractivity contribution in [3.63, 3.8) is 0 Å². The van der Waals surface area contributed by atoms with Crippen LogP contribution in [0.5, 0.6) is 0 Å². The van der Waals surface area contributed by atoms with Crippen molar-refractivity contribution in [1.29, 1.82) is 0 Å². The van der Waals surface area contributed by atoms with Gasteiger partial charge in [0.05, 0.1) is 40.1 Å². The second-order valence-corrected chi connectivity index (χ2v) is 9.51. The zero-order valence-electron chi connectivity index (χ0n) is 18.3. The largest absolute Gasteiger partial charge is 0.379 e. The lowest BCUT2D eigenvalue weighted by Gasteiger charge is -2.26. The van der Waals surface area contributed by atoms with Crippen molar-refractivity contribution >= 4 is 32.8 Å². The van der Waals surface area contributed by atoms with Crippen LogP contribution < -0.4 is 5.43 Å². The van der Waals surface area contributed by atoms with Crippen molar-refractivity contribution in [3.05, 3.63) is 57.5 Å². The Kier molecular flexibility index (Phi) is 6.10. The van der Waals surface area contributed by atoms with Gasteiger partial charge in [-0.05, 0) is 32.9 Å². The molecule has 174 valence electrons. The fourth-order valence-corrected chi connectivity index (χ4v) is 5.00. The zero-order valence-corrected chi connectivity index (χ0v) is 19.2. The second kappa shape index (κ2) is 8.84. The first-order valence-corrected chi connectivity index (χ1v) is 11.6. The minimum atomic E-state index is -3.87. The van der Waals surface area contributed by atoms with Gasteiger partial charge in [-0.25, -0.2) is 17.9 Å². The molecule has 2 aromatic heterocycles. The van der Waals surface area contributed by atoms with Gasteiger partial charge in [0.2, 0.25) is 10.0 Å². The number of morpholine rings is 1. The second-order valence-electron chi connectivity index (χ2n) is 7.57. The predicted molar refractivity (Wildman–Crippen MR) is 121 cm³/mol. The van der Waals surface area contributed by atoms with Gasteiger partial charge in [0.25, 0.3) is 5.69 Å². The summed E-state index contributed by atoms with van der Waals surface area (Å²) < 4.78 is 33.9. The lowest BCUT2D eigenvalue weighted by Crippen LogP contribution is -2.40. The van der Waals surface area contributed by atoms with E-state index in [0.29, 0.717) is 16.9 Å². The summed E-state index contributed by atoms with van der Waals surface area (Å²) in [5, 5.41) is 20.3. The average molecular weight is 474 g/mol.